The number of sulfonamides is 1. The Morgan fingerprint density at radius 1 is 1.15 bits per heavy atom. The Kier molecular flexibility index (Phi) is 7.42. The second-order valence-corrected chi connectivity index (χ2v) is 11.2. The first-order valence-corrected chi connectivity index (χ1v) is 13.1. The van der Waals surface area contributed by atoms with Crippen molar-refractivity contribution in [3.8, 4) is 11.5 Å². The lowest BCUT2D eigenvalue weighted by Crippen LogP contribution is -2.40. The molecule has 1 aromatic heterocycles. The highest BCUT2D eigenvalue weighted by atomic mass is 32.2. The molecule has 9 nitrogen and oxygen atoms in total. The standard InChI is InChI=1S/C22H29N3O6S2/c1-29-16-5-7-18(20(14-16)30-2)19-4-3-9-25(19)22(26)23-15-17-6-8-21(32-17)33(27,28)24-10-12-31-13-11-24/h5-8,14,19H,3-4,9-13,15H2,1-2H3,(H,23,26). The molecule has 33 heavy (non-hydrogen) atoms. The number of carbonyl (C=O) groups is 1. The summed E-state index contributed by atoms with van der Waals surface area (Å²) in [6, 6.07) is 8.73. The Balaban J connectivity index is 1.41. The number of nitrogens with zero attached hydrogens (tertiary/aromatic N) is 2. The maximum atomic E-state index is 13.0. The molecule has 2 fully saturated rings. The lowest BCUT2D eigenvalue weighted by Gasteiger charge is -2.26. The molecule has 3 heterocycles. The molecule has 2 saturated heterocycles. The molecule has 0 saturated carbocycles. The molecule has 11 heteroatoms. The van der Waals surface area contributed by atoms with Gasteiger partial charge in [-0.25, -0.2) is 13.2 Å². The molecule has 0 radical (unpaired) electrons. The third-order valence-corrected chi connectivity index (χ3v) is 9.38. The van der Waals surface area contributed by atoms with Crippen LogP contribution in [-0.4, -0.2) is 70.7 Å². The van der Waals surface area contributed by atoms with Crippen LogP contribution in [0.3, 0.4) is 0 Å². The molecule has 2 aromatic rings. The van der Waals surface area contributed by atoms with Crippen LogP contribution in [0.25, 0.3) is 0 Å². The first-order valence-electron chi connectivity index (χ1n) is 10.9. The Morgan fingerprint density at radius 3 is 2.67 bits per heavy atom. The third-order valence-electron chi connectivity index (χ3n) is 5.93. The van der Waals surface area contributed by atoms with Gasteiger partial charge in [0.25, 0.3) is 10.0 Å². The lowest BCUT2D eigenvalue weighted by molar-refractivity contribution is 0.0731. The van der Waals surface area contributed by atoms with Gasteiger partial charge in [-0.3, -0.25) is 0 Å². The number of amides is 2. The van der Waals surface area contributed by atoms with Crippen molar-refractivity contribution in [1.82, 2.24) is 14.5 Å². The summed E-state index contributed by atoms with van der Waals surface area (Å²) in [5.74, 6) is 1.39. The average Bonchev–Trinajstić information content (AvgIpc) is 3.53. The van der Waals surface area contributed by atoms with Gasteiger partial charge in [-0.15, -0.1) is 11.3 Å². The molecule has 0 spiro atoms. The monoisotopic (exact) mass is 495 g/mol. The van der Waals surface area contributed by atoms with E-state index in [9.17, 15) is 13.2 Å². The van der Waals surface area contributed by atoms with Crippen LogP contribution in [0.15, 0.2) is 34.5 Å². The van der Waals surface area contributed by atoms with Gasteiger partial charge in [0.15, 0.2) is 0 Å². The first-order chi connectivity index (χ1) is 15.9. The molecule has 0 bridgehead atoms. The minimum absolute atomic E-state index is 0.0912. The van der Waals surface area contributed by atoms with Crippen molar-refractivity contribution in [2.45, 2.75) is 29.6 Å². The maximum Gasteiger partial charge on any atom is 0.318 e. The van der Waals surface area contributed by atoms with Crippen LogP contribution in [0.2, 0.25) is 0 Å². The number of urea groups is 1. The van der Waals surface area contributed by atoms with E-state index in [0.717, 1.165) is 23.3 Å². The van der Waals surface area contributed by atoms with E-state index < -0.39 is 10.0 Å². The van der Waals surface area contributed by atoms with Gasteiger partial charge >= 0.3 is 6.03 Å². The van der Waals surface area contributed by atoms with Crippen molar-refractivity contribution < 1.29 is 27.4 Å². The minimum atomic E-state index is -3.53. The van der Waals surface area contributed by atoms with E-state index in [-0.39, 0.29) is 22.8 Å². The van der Waals surface area contributed by atoms with Crippen molar-refractivity contribution >= 4 is 27.4 Å². The van der Waals surface area contributed by atoms with Gasteiger partial charge in [0.05, 0.1) is 40.0 Å². The van der Waals surface area contributed by atoms with Gasteiger partial charge in [-0.1, -0.05) is 0 Å². The van der Waals surface area contributed by atoms with Crippen molar-refractivity contribution in [2.24, 2.45) is 0 Å². The highest BCUT2D eigenvalue weighted by Gasteiger charge is 2.32. The van der Waals surface area contributed by atoms with E-state index in [4.69, 9.17) is 14.2 Å². The highest BCUT2D eigenvalue weighted by Crippen LogP contribution is 2.38. The molecule has 2 amide bonds. The third kappa shape index (κ3) is 5.11. The maximum absolute atomic E-state index is 13.0. The normalized spacial score (nSPS) is 19.5. The van der Waals surface area contributed by atoms with Crippen LogP contribution >= 0.6 is 11.3 Å². The zero-order valence-electron chi connectivity index (χ0n) is 18.8. The summed E-state index contributed by atoms with van der Waals surface area (Å²) in [5.41, 5.74) is 0.945. The summed E-state index contributed by atoms with van der Waals surface area (Å²) in [5, 5.41) is 2.95. The first kappa shape index (κ1) is 23.8. The Bertz CT molecular complexity index is 1080. The van der Waals surface area contributed by atoms with Gasteiger partial charge < -0.3 is 24.4 Å². The zero-order chi connectivity index (χ0) is 23.4. The number of benzene rings is 1. The molecule has 2 aliphatic rings. The second kappa shape index (κ2) is 10.3. The fourth-order valence-corrected chi connectivity index (χ4v) is 7.05. The van der Waals surface area contributed by atoms with Gasteiger partial charge in [-0.2, -0.15) is 4.31 Å². The highest BCUT2D eigenvalue weighted by molar-refractivity contribution is 7.91. The van der Waals surface area contributed by atoms with Crippen LogP contribution < -0.4 is 14.8 Å². The fraction of sp³-hybridized carbons (Fsp3) is 0.500. The number of nitrogens with one attached hydrogen (secondary N) is 1. The van der Waals surface area contributed by atoms with Gasteiger partial charge in [0.2, 0.25) is 0 Å². The largest absolute Gasteiger partial charge is 0.497 e. The molecular formula is C22H29N3O6S2. The molecule has 1 unspecified atom stereocenters. The Labute approximate surface area is 198 Å². The topological polar surface area (TPSA) is 97.4 Å². The number of rotatable bonds is 7. The van der Waals surface area contributed by atoms with Gasteiger partial charge in [-0.05, 0) is 37.1 Å². The van der Waals surface area contributed by atoms with Gasteiger partial charge in [0.1, 0.15) is 15.7 Å². The quantitative estimate of drug-likeness (QED) is 0.635. The van der Waals surface area contributed by atoms with Crippen molar-refractivity contribution in [3.05, 3.63) is 40.8 Å². The number of morpholine rings is 1. The van der Waals surface area contributed by atoms with E-state index in [0.29, 0.717) is 44.3 Å². The van der Waals surface area contributed by atoms with E-state index in [1.807, 2.05) is 23.1 Å². The molecule has 0 aliphatic carbocycles. The summed E-state index contributed by atoms with van der Waals surface area (Å²) in [6.07, 6.45) is 1.74. The summed E-state index contributed by atoms with van der Waals surface area (Å²) in [4.78, 5) is 15.6. The number of thiophene rings is 1. The number of carbonyl (C=O) groups excluding carboxylic acids is 1. The van der Waals surface area contributed by atoms with Crippen LogP contribution in [-0.2, 0) is 21.3 Å². The smallest absolute Gasteiger partial charge is 0.318 e. The number of ether oxygens (including phenoxy) is 3. The molecule has 1 aromatic carbocycles. The van der Waals surface area contributed by atoms with E-state index in [1.165, 1.54) is 15.6 Å². The van der Waals surface area contributed by atoms with E-state index in [2.05, 4.69) is 5.32 Å². The number of methoxy groups -OCH3 is 2. The molecule has 2 aliphatic heterocycles. The molecule has 180 valence electrons. The predicted octanol–water partition coefficient (Wildman–Crippen LogP) is 2.83. The number of likely N-dealkylation sites (tertiary alicyclic amines) is 1. The Morgan fingerprint density at radius 2 is 1.94 bits per heavy atom. The Hall–Kier alpha value is -2.34. The van der Waals surface area contributed by atoms with Gasteiger partial charge in [0, 0.05) is 36.1 Å². The lowest BCUT2D eigenvalue weighted by atomic mass is 10.0. The van der Waals surface area contributed by atoms with E-state index in [1.54, 1.807) is 26.4 Å². The van der Waals surface area contributed by atoms with Crippen molar-refractivity contribution in [3.63, 3.8) is 0 Å². The second-order valence-electron chi connectivity index (χ2n) is 7.86. The molecule has 1 N–H and O–H groups in total. The van der Waals surface area contributed by atoms with Crippen LogP contribution in [0, 0.1) is 0 Å². The fourth-order valence-electron chi connectivity index (χ4n) is 4.20. The molecule has 1 atom stereocenters. The van der Waals surface area contributed by atoms with E-state index >= 15 is 0 Å². The summed E-state index contributed by atoms with van der Waals surface area (Å²) < 4.78 is 43.4. The SMILES string of the molecule is COc1ccc(C2CCCN2C(=O)NCc2ccc(S(=O)(=O)N3CCOCC3)s2)c(OC)c1. The van der Waals surface area contributed by atoms with Crippen LogP contribution in [0.1, 0.15) is 29.3 Å². The average molecular weight is 496 g/mol. The zero-order valence-corrected chi connectivity index (χ0v) is 20.4. The van der Waals surface area contributed by atoms with Crippen molar-refractivity contribution in [2.75, 3.05) is 47.1 Å². The summed E-state index contributed by atoms with van der Waals surface area (Å²) >= 11 is 1.19. The number of hydrogen-bond acceptors (Lipinski definition) is 7. The molecular weight excluding hydrogens is 466 g/mol. The minimum Gasteiger partial charge on any atom is -0.497 e. The van der Waals surface area contributed by atoms with Crippen LogP contribution in [0.5, 0.6) is 11.5 Å². The molecule has 4 rings (SSSR count). The van der Waals surface area contributed by atoms with Crippen LogP contribution in [0.4, 0.5) is 4.79 Å². The summed E-state index contributed by atoms with van der Waals surface area (Å²) in [6.45, 7) is 2.44. The summed E-state index contributed by atoms with van der Waals surface area (Å²) in [7, 11) is -0.318. The predicted molar refractivity (Wildman–Crippen MR) is 124 cm³/mol. The number of hydrogen-bond donors (Lipinski definition) is 1. The van der Waals surface area contributed by atoms with Crippen molar-refractivity contribution in [1.29, 1.82) is 0 Å².